The molecule has 0 unspecified atom stereocenters. The van der Waals surface area contributed by atoms with Gasteiger partial charge in [0.15, 0.2) is 0 Å². The summed E-state index contributed by atoms with van der Waals surface area (Å²) in [6.45, 7) is 0. The molecule has 0 aliphatic heterocycles. The number of anilines is 1. The van der Waals surface area contributed by atoms with E-state index < -0.39 is 17.3 Å². The molecule has 1 fully saturated rings. The summed E-state index contributed by atoms with van der Waals surface area (Å²) in [5.41, 5.74) is 7.44. The lowest BCUT2D eigenvalue weighted by Crippen LogP contribution is -2.34. The first kappa shape index (κ1) is 20.3. The zero-order chi connectivity index (χ0) is 21.5. The van der Waals surface area contributed by atoms with E-state index in [4.69, 9.17) is 17.3 Å². The molecule has 154 valence electrons. The summed E-state index contributed by atoms with van der Waals surface area (Å²) in [6, 6.07) is 17.4. The maximum absolute atomic E-state index is 12.8. The molecule has 30 heavy (non-hydrogen) atoms. The van der Waals surface area contributed by atoms with Crippen molar-refractivity contribution < 1.29 is 18.0 Å². The molecule has 0 atom stereocenters. The molecule has 4 rings (SSSR count). The number of amides is 1. The van der Waals surface area contributed by atoms with Crippen LogP contribution in [0.25, 0.3) is 11.1 Å². The Morgan fingerprint density at radius 3 is 2.13 bits per heavy atom. The van der Waals surface area contributed by atoms with Crippen molar-refractivity contribution in [3.8, 4) is 11.1 Å². The normalized spacial score (nSPS) is 14.9. The van der Waals surface area contributed by atoms with Crippen LogP contribution in [0.2, 0.25) is 5.02 Å². The summed E-state index contributed by atoms with van der Waals surface area (Å²) in [6.07, 6.45) is -2.81. The van der Waals surface area contributed by atoms with Crippen molar-refractivity contribution in [2.24, 2.45) is 0 Å². The molecule has 0 radical (unpaired) electrons. The van der Waals surface area contributed by atoms with Crippen molar-refractivity contribution in [3.05, 3.63) is 88.4 Å². The smallest absolute Gasteiger partial charge is 0.398 e. The van der Waals surface area contributed by atoms with Gasteiger partial charge in [-0.2, -0.15) is 13.2 Å². The molecule has 1 amide bonds. The van der Waals surface area contributed by atoms with Crippen LogP contribution in [-0.4, -0.2) is 5.91 Å². The third kappa shape index (κ3) is 4.00. The van der Waals surface area contributed by atoms with Gasteiger partial charge in [0, 0.05) is 21.8 Å². The molecule has 0 aromatic heterocycles. The highest BCUT2D eigenvalue weighted by Gasteiger charge is 2.45. The highest BCUT2D eigenvalue weighted by Crippen LogP contribution is 2.46. The van der Waals surface area contributed by atoms with Gasteiger partial charge in [-0.05, 0) is 60.4 Å². The Hall–Kier alpha value is -2.99. The van der Waals surface area contributed by atoms with Gasteiger partial charge < -0.3 is 11.1 Å². The number of alkyl halides is 3. The Bertz CT molecular complexity index is 1090. The first-order valence-corrected chi connectivity index (χ1v) is 9.71. The van der Waals surface area contributed by atoms with Crippen molar-refractivity contribution in [1.29, 1.82) is 0 Å². The van der Waals surface area contributed by atoms with Crippen LogP contribution in [0.3, 0.4) is 0 Å². The van der Waals surface area contributed by atoms with Gasteiger partial charge in [0.1, 0.15) is 0 Å². The minimum atomic E-state index is -4.43. The number of nitrogen functional groups attached to an aromatic ring is 1. The molecule has 0 heterocycles. The molecule has 3 aromatic rings. The lowest BCUT2D eigenvalue weighted by atomic mass is 9.97. The van der Waals surface area contributed by atoms with Crippen LogP contribution in [-0.2, 0) is 11.7 Å². The van der Waals surface area contributed by atoms with Crippen LogP contribution in [0.1, 0.15) is 34.3 Å². The Balaban J connectivity index is 1.53. The maximum atomic E-state index is 12.8. The Morgan fingerprint density at radius 1 is 0.967 bits per heavy atom. The summed E-state index contributed by atoms with van der Waals surface area (Å²) in [4.78, 5) is 12.6. The van der Waals surface area contributed by atoms with Crippen LogP contribution in [0, 0.1) is 0 Å². The van der Waals surface area contributed by atoms with E-state index in [1.807, 2.05) is 24.3 Å². The average molecular weight is 431 g/mol. The van der Waals surface area contributed by atoms with Crippen molar-refractivity contribution in [3.63, 3.8) is 0 Å². The fourth-order valence-corrected chi connectivity index (χ4v) is 3.60. The van der Waals surface area contributed by atoms with E-state index in [2.05, 4.69) is 5.32 Å². The van der Waals surface area contributed by atoms with Gasteiger partial charge in [-0.25, -0.2) is 0 Å². The minimum absolute atomic E-state index is 0.0646. The molecule has 1 aliphatic carbocycles. The molecule has 0 spiro atoms. The Kier molecular flexibility index (Phi) is 4.98. The number of hydrogen-bond acceptors (Lipinski definition) is 2. The summed E-state index contributed by atoms with van der Waals surface area (Å²) in [5.74, 6) is -0.180. The largest absolute Gasteiger partial charge is 0.416 e. The summed E-state index contributed by atoms with van der Waals surface area (Å²) in [5, 5.41) is 3.64. The maximum Gasteiger partial charge on any atom is 0.416 e. The van der Waals surface area contributed by atoms with Crippen LogP contribution in [0.4, 0.5) is 18.9 Å². The minimum Gasteiger partial charge on any atom is -0.398 e. The first-order chi connectivity index (χ1) is 14.2. The number of nitrogens with two attached hydrogens (primary N) is 1. The van der Waals surface area contributed by atoms with Crippen LogP contribution >= 0.6 is 11.6 Å². The summed E-state index contributed by atoms with van der Waals surface area (Å²) < 4.78 is 38.5. The van der Waals surface area contributed by atoms with Gasteiger partial charge >= 0.3 is 6.18 Å². The lowest BCUT2D eigenvalue weighted by Gasteiger charge is -2.19. The number of halogens is 4. The molecular weight excluding hydrogens is 413 g/mol. The number of benzene rings is 3. The van der Waals surface area contributed by atoms with E-state index in [0.29, 0.717) is 21.7 Å². The van der Waals surface area contributed by atoms with Gasteiger partial charge in [0.25, 0.3) is 5.91 Å². The van der Waals surface area contributed by atoms with Crippen molar-refractivity contribution in [1.82, 2.24) is 5.32 Å². The Morgan fingerprint density at radius 2 is 1.60 bits per heavy atom. The molecular formula is C23H18ClF3N2O. The van der Waals surface area contributed by atoms with E-state index >= 15 is 0 Å². The van der Waals surface area contributed by atoms with Crippen molar-refractivity contribution in [2.45, 2.75) is 24.6 Å². The Labute approximate surface area is 176 Å². The average Bonchev–Trinajstić information content (AvgIpc) is 3.48. The fourth-order valence-electron chi connectivity index (χ4n) is 3.47. The molecule has 0 bridgehead atoms. The molecule has 0 saturated heterocycles. The summed E-state index contributed by atoms with van der Waals surface area (Å²) in [7, 11) is 0. The molecule has 3 N–H and O–H groups in total. The molecule has 1 aliphatic rings. The third-order valence-corrected chi connectivity index (χ3v) is 5.59. The highest BCUT2D eigenvalue weighted by molar-refractivity contribution is 6.30. The van der Waals surface area contributed by atoms with Crippen LogP contribution < -0.4 is 11.1 Å². The zero-order valence-corrected chi connectivity index (χ0v) is 16.5. The predicted molar refractivity (Wildman–Crippen MR) is 111 cm³/mol. The number of hydrogen-bond donors (Lipinski definition) is 2. The van der Waals surface area contributed by atoms with Crippen molar-refractivity contribution >= 4 is 23.2 Å². The highest BCUT2D eigenvalue weighted by atomic mass is 35.5. The standard InChI is InChI=1S/C23H18ClF3N2O/c24-18-8-3-15(4-9-18)21(30)29-22(11-12-22)16-5-1-14(2-6-16)19-10-7-17(13-20(19)28)23(25,26)27/h1-10,13H,11-12,28H2,(H,29,30). The van der Waals surface area contributed by atoms with Gasteiger partial charge in [-0.1, -0.05) is 41.9 Å². The quantitative estimate of drug-likeness (QED) is 0.497. The lowest BCUT2D eigenvalue weighted by molar-refractivity contribution is -0.137. The van der Waals surface area contributed by atoms with Gasteiger partial charge in [0.05, 0.1) is 11.1 Å². The predicted octanol–water partition coefficient (Wildman–Crippen LogP) is 6.03. The van der Waals surface area contributed by atoms with Gasteiger partial charge in [-0.3, -0.25) is 4.79 Å². The van der Waals surface area contributed by atoms with E-state index in [9.17, 15) is 18.0 Å². The topological polar surface area (TPSA) is 55.1 Å². The molecule has 1 saturated carbocycles. The fraction of sp³-hybridized carbons (Fsp3) is 0.174. The number of rotatable bonds is 4. The molecule has 3 nitrogen and oxygen atoms in total. The first-order valence-electron chi connectivity index (χ1n) is 9.34. The van der Waals surface area contributed by atoms with E-state index in [0.717, 1.165) is 30.5 Å². The number of carbonyl (C=O) groups excluding carboxylic acids is 1. The second kappa shape index (κ2) is 7.36. The van der Waals surface area contributed by atoms with Crippen molar-refractivity contribution in [2.75, 3.05) is 5.73 Å². The van der Waals surface area contributed by atoms with Gasteiger partial charge in [-0.15, -0.1) is 0 Å². The SMILES string of the molecule is Nc1cc(C(F)(F)F)ccc1-c1ccc(C2(NC(=O)c3ccc(Cl)cc3)CC2)cc1. The van der Waals surface area contributed by atoms with E-state index in [1.54, 1.807) is 24.3 Å². The third-order valence-electron chi connectivity index (χ3n) is 5.34. The van der Waals surface area contributed by atoms with E-state index in [-0.39, 0.29) is 11.6 Å². The number of nitrogens with one attached hydrogen (secondary N) is 1. The molecule has 3 aromatic carbocycles. The van der Waals surface area contributed by atoms with Crippen LogP contribution in [0.15, 0.2) is 66.7 Å². The number of carbonyl (C=O) groups is 1. The second-order valence-corrected chi connectivity index (χ2v) is 7.86. The van der Waals surface area contributed by atoms with Crippen LogP contribution in [0.5, 0.6) is 0 Å². The molecule has 7 heteroatoms. The van der Waals surface area contributed by atoms with E-state index in [1.165, 1.54) is 6.07 Å². The monoisotopic (exact) mass is 430 g/mol. The summed E-state index contributed by atoms with van der Waals surface area (Å²) >= 11 is 5.87. The van der Waals surface area contributed by atoms with Gasteiger partial charge in [0.2, 0.25) is 0 Å². The second-order valence-electron chi connectivity index (χ2n) is 7.42. The zero-order valence-electron chi connectivity index (χ0n) is 15.8.